The monoisotopic (exact) mass is 298 g/mol. The van der Waals surface area contributed by atoms with E-state index < -0.39 is 0 Å². The highest BCUT2D eigenvalue weighted by atomic mass is 16.5. The van der Waals surface area contributed by atoms with Crippen molar-refractivity contribution in [1.82, 2.24) is 19.9 Å². The lowest BCUT2D eigenvalue weighted by atomic mass is 10.2. The molecular weight excluding hydrogens is 276 g/mol. The molecule has 2 fully saturated rings. The third kappa shape index (κ3) is 2.91. The van der Waals surface area contributed by atoms with Crippen LogP contribution < -0.4 is 0 Å². The van der Waals surface area contributed by atoms with Crippen LogP contribution in [0.25, 0.3) is 11.4 Å². The first-order valence-electron chi connectivity index (χ1n) is 8.23. The molecular formula is C17H22N4O. The zero-order chi connectivity index (χ0) is 14.8. The summed E-state index contributed by atoms with van der Waals surface area (Å²) in [6.45, 7) is 5.53. The number of fused-ring (bicyclic) bond motifs is 1. The minimum atomic E-state index is 0.688. The van der Waals surface area contributed by atoms with Gasteiger partial charge in [0.2, 0.25) is 11.7 Å². The van der Waals surface area contributed by atoms with Gasteiger partial charge >= 0.3 is 0 Å². The molecule has 3 heterocycles. The summed E-state index contributed by atoms with van der Waals surface area (Å²) >= 11 is 0. The molecule has 0 N–H and O–H groups in total. The second kappa shape index (κ2) is 6.18. The SMILES string of the molecule is c1ccc(-c2noc(CN3CCCN4CCCC4C3)n2)cc1. The molecule has 22 heavy (non-hydrogen) atoms. The van der Waals surface area contributed by atoms with Crippen molar-refractivity contribution in [2.24, 2.45) is 0 Å². The number of hydrogen-bond acceptors (Lipinski definition) is 5. The fourth-order valence-electron chi connectivity index (χ4n) is 3.64. The Balaban J connectivity index is 1.44. The Kier molecular flexibility index (Phi) is 3.91. The van der Waals surface area contributed by atoms with Gasteiger partial charge < -0.3 is 4.52 Å². The Labute approximate surface area is 130 Å². The fraction of sp³-hybridized carbons (Fsp3) is 0.529. The van der Waals surface area contributed by atoms with Gasteiger partial charge in [0.25, 0.3) is 0 Å². The Morgan fingerprint density at radius 3 is 2.86 bits per heavy atom. The Morgan fingerprint density at radius 2 is 1.95 bits per heavy atom. The first-order chi connectivity index (χ1) is 10.9. The van der Waals surface area contributed by atoms with Gasteiger partial charge in [-0.15, -0.1) is 0 Å². The van der Waals surface area contributed by atoms with Crippen LogP contribution in [0.5, 0.6) is 0 Å². The van der Waals surface area contributed by atoms with Crippen molar-refractivity contribution in [3.05, 3.63) is 36.2 Å². The van der Waals surface area contributed by atoms with Crippen LogP contribution in [-0.4, -0.2) is 52.2 Å². The minimum absolute atomic E-state index is 0.688. The fourth-order valence-corrected chi connectivity index (χ4v) is 3.64. The van der Waals surface area contributed by atoms with Crippen molar-refractivity contribution in [3.63, 3.8) is 0 Å². The van der Waals surface area contributed by atoms with E-state index in [0.717, 1.165) is 37.1 Å². The lowest BCUT2D eigenvalue weighted by Crippen LogP contribution is -2.36. The summed E-state index contributed by atoms with van der Waals surface area (Å²) in [6, 6.07) is 10.7. The number of nitrogens with zero attached hydrogens (tertiary/aromatic N) is 4. The van der Waals surface area contributed by atoms with Gasteiger partial charge in [0.1, 0.15) is 0 Å². The van der Waals surface area contributed by atoms with Gasteiger partial charge in [0, 0.05) is 18.2 Å². The molecule has 0 amide bonds. The predicted octanol–water partition coefficient (Wildman–Crippen LogP) is 2.41. The molecule has 2 aromatic rings. The van der Waals surface area contributed by atoms with Crippen LogP contribution >= 0.6 is 0 Å². The van der Waals surface area contributed by atoms with Crippen LogP contribution in [0.1, 0.15) is 25.2 Å². The third-order valence-corrected chi connectivity index (χ3v) is 4.75. The molecule has 1 unspecified atom stereocenters. The van der Waals surface area contributed by atoms with Gasteiger partial charge in [-0.05, 0) is 38.9 Å². The van der Waals surface area contributed by atoms with Crippen molar-refractivity contribution in [1.29, 1.82) is 0 Å². The second-order valence-electron chi connectivity index (χ2n) is 6.30. The summed E-state index contributed by atoms with van der Waals surface area (Å²) in [4.78, 5) is 9.67. The van der Waals surface area contributed by atoms with Crippen LogP contribution in [0, 0.1) is 0 Å². The van der Waals surface area contributed by atoms with E-state index in [1.165, 1.54) is 32.4 Å². The molecule has 1 aromatic heterocycles. The van der Waals surface area contributed by atoms with Crippen LogP contribution in [-0.2, 0) is 6.54 Å². The quantitative estimate of drug-likeness (QED) is 0.871. The van der Waals surface area contributed by atoms with Crippen molar-refractivity contribution in [3.8, 4) is 11.4 Å². The zero-order valence-corrected chi connectivity index (χ0v) is 12.8. The van der Waals surface area contributed by atoms with E-state index in [-0.39, 0.29) is 0 Å². The van der Waals surface area contributed by atoms with Gasteiger partial charge in [-0.25, -0.2) is 0 Å². The third-order valence-electron chi connectivity index (χ3n) is 4.75. The lowest BCUT2D eigenvalue weighted by Gasteiger charge is -2.24. The Bertz CT molecular complexity index is 612. The highest BCUT2D eigenvalue weighted by Crippen LogP contribution is 2.22. The molecule has 4 rings (SSSR count). The molecule has 1 atom stereocenters. The van der Waals surface area contributed by atoms with Crippen LogP contribution in [0.4, 0.5) is 0 Å². The number of aromatic nitrogens is 2. The molecule has 0 bridgehead atoms. The van der Waals surface area contributed by atoms with Gasteiger partial charge in [-0.2, -0.15) is 4.98 Å². The first kappa shape index (κ1) is 13.9. The summed E-state index contributed by atoms with van der Waals surface area (Å²) in [7, 11) is 0. The van der Waals surface area contributed by atoms with E-state index in [4.69, 9.17) is 4.52 Å². The molecule has 116 valence electrons. The zero-order valence-electron chi connectivity index (χ0n) is 12.8. The summed E-state index contributed by atoms with van der Waals surface area (Å²) in [6.07, 6.45) is 3.91. The Morgan fingerprint density at radius 1 is 1.09 bits per heavy atom. The molecule has 0 aliphatic carbocycles. The molecule has 5 heteroatoms. The maximum absolute atomic E-state index is 5.46. The van der Waals surface area contributed by atoms with Crippen LogP contribution in [0.15, 0.2) is 34.9 Å². The van der Waals surface area contributed by atoms with Crippen LogP contribution in [0.3, 0.4) is 0 Å². The second-order valence-corrected chi connectivity index (χ2v) is 6.30. The molecule has 0 radical (unpaired) electrons. The molecule has 2 aliphatic rings. The summed E-state index contributed by atoms with van der Waals surface area (Å²) in [5, 5.41) is 4.12. The van der Waals surface area contributed by atoms with E-state index in [9.17, 15) is 0 Å². The molecule has 1 aromatic carbocycles. The number of benzene rings is 1. The molecule has 2 saturated heterocycles. The van der Waals surface area contributed by atoms with Gasteiger partial charge in [-0.3, -0.25) is 9.80 Å². The highest BCUT2D eigenvalue weighted by Gasteiger charge is 2.29. The van der Waals surface area contributed by atoms with E-state index >= 15 is 0 Å². The lowest BCUT2D eigenvalue weighted by molar-refractivity contribution is 0.196. The summed E-state index contributed by atoms with van der Waals surface area (Å²) < 4.78 is 5.46. The minimum Gasteiger partial charge on any atom is -0.338 e. The number of hydrogen-bond donors (Lipinski definition) is 0. The van der Waals surface area contributed by atoms with Crippen molar-refractivity contribution in [2.45, 2.75) is 31.8 Å². The van der Waals surface area contributed by atoms with Gasteiger partial charge in [0.05, 0.1) is 6.54 Å². The summed E-state index contributed by atoms with van der Waals surface area (Å²) in [5.74, 6) is 1.42. The summed E-state index contributed by atoms with van der Waals surface area (Å²) in [5.41, 5.74) is 1.01. The standard InChI is InChI=1S/C17H22N4O/c1-2-6-14(7-3-1)17-18-16(22-19-17)13-20-9-5-11-21-10-4-8-15(21)12-20/h1-3,6-7,15H,4-5,8-13H2. The average molecular weight is 298 g/mol. The smallest absolute Gasteiger partial charge is 0.241 e. The molecule has 0 spiro atoms. The molecule has 5 nitrogen and oxygen atoms in total. The highest BCUT2D eigenvalue weighted by molar-refractivity contribution is 5.53. The van der Waals surface area contributed by atoms with Gasteiger partial charge in [-0.1, -0.05) is 35.5 Å². The Hall–Kier alpha value is -1.72. The van der Waals surface area contributed by atoms with E-state index in [2.05, 4.69) is 19.9 Å². The largest absolute Gasteiger partial charge is 0.338 e. The van der Waals surface area contributed by atoms with Crippen molar-refractivity contribution < 1.29 is 4.52 Å². The average Bonchev–Trinajstić information content (AvgIpc) is 3.14. The van der Waals surface area contributed by atoms with Crippen LogP contribution in [0.2, 0.25) is 0 Å². The van der Waals surface area contributed by atoms with E-state index in [0.29, 0.717) is 5.82 Å². The molecule has 0 saturated carbocycles. The number of rotatable bonds is 3. The predicted molar refractivity (Wildman–Crippen MR) is 84.2 cm³/mol. The van der Waals surface area contributed by atoms with Crippen molar-refractivity contribution >= 4 is 0 Å². The topological polar surface area (TPSA) is 45.4 Å². The maximum Gasteiger partial charge on any atom is 0.241 e. The molecule has 2 aliphatic heterocycles. The van der Waals surface area contributed by atoms with E-state index in [1.807, 2.05) is 30.3 Å². The van der Waals surface area contributed by atoms with Crippen molar-refractivity contribution in [2.75, 3.05) is 26.2 Å². The van der Waals surface area contributed by atoms with E-state index in [1.54, 1.807) is 0 Å². The first-order valence-corrected chi connectivity index (χ1v) is 8.23. The normalized spacial score (nSPS) is 23.4. The maximum atomic E-state index is 5.46. The van der Waals surface area contributed by atoms with Gasteiger partial charge in [0.15, 0.2) is 0 Å².